The Kier molecular flexibility index (Phi) is 3.46. The highest BCUT2D eigenvalue weighted by Crippen LogP contribution is 2.32. The fraction of sp³-hybridized carbons (Fsp3) is 0.214. The summed E-state index contributed by atoms with van der Waals surface area (Å²) in [5.74, 6) is 0.0664. The van der Waals surface area contributed by atoms with E-state index >= 15 is 0 Å². The first kappa shape index (κ1) is 13.0. The lowest BCUT2D eigenvalue weighted by Gasteiger charge is -2.12. The number of nitrogens with two attached hydrogens (primary N) is 1. The minimum Gasteiger partial charge on any atom is -0.496 e. The molecule has 0 spiro atoms. The standard InChI is InChI=1S/C14H15N3O2/c1-8-6-9(2)12(11(7-8)19-3)10-4-5-16-14(17-10)13(15)18/h4-7H,1-3H3,(H2,15,18). The average molecular weight is 257 g/mol. The van der Waals surface area contributed by atoms with Gasteiger partial charge in [0.15, 0.2) is 0 Å². The number of amides is 1. The maximum Gasteiger partial charge on any atom is 0.286 e. The zero-order chi connectivity index (χ0) is 14.0. The van der Waals surface area contributed by atoms with Crippen LogP contribution >= 0.6 is 0 Å². The molecule has 0 aliphatic heterocycles. The molecule has 0 radical (unpaired) electrons. The molecule has 0 aliphatic rings. The van der Waals surface area contributed by atoms with Gasteiger partial charge in [0.2, 0.25) is 5.82 Å². The van der Waals surface area contributed by atoms with E-state index in [-0.39, 0.29) is 5.82 Å². The van der Waals surface area contributed by atoms with Crippen LogP contribution in [0.25, 0.3) is 11.3 Å². The van der Waals surface area contributed by atoms with E-state index in [1.54, 1.807) is 13.2 Å². The lowest BCUT2D eigenvalue weighted by Crippen LogP contribution is -2.15. The number of aryl methyl sites for hydroxylation is 2. The van der Waals surface area contributed by atoms with Crippen molar-refractivity contribution in [3.63, 3.8) is 0 Å². The summed E-state index contributed by atoms with van der Waals surface area (Å²) in [6, 6.07) is 5.69. The van der Waals surface area contributed by atoms with Gasteiger partial charge in [0.1, 0.15) is 5.75 Å². The van der Waals surface area contributed by atoms with E-state index in [4.69, 9.17) is 10.5 Å². The SMILES string of the molecule is COc1cc(C)cc(C)c1-c1ccnc(C(N)=O)n1. The Bertz CT molecular complexity index is 639. The summed E-state index contributed by atoms with van der Waals surface area (Å²) in [5, 5.41) is 0. The summed E-state index contributed by atoms with van der Waals surface area (Å²) in [4.78, 5) is 19.2. The molecule has 0 saturated heterocycles. The Labute approximate surface area is 111 Å². The second kappa shape index (κ2) is 5.06. The van der Waals surface area contributed by atoms with E-state index in [1.807, 2.05) is 26.0 Å². The zero-order valence-corrected chi connectivity index (χ0v) is 11.1. The Morgan fingerprint density at radius 2 is 2.05 bits per heavy atom. The summed E-state index contributed by atoms with van der Waals surface area (Å²) in [6.45, 7) is 3.96. The van der Waals surface area contributed by atoms with Crippen LogP contribution in [-0.4, -0.2) is 23.0 Å². The summed E-state index contributed by atoms with van der Waals surface area (Å²) >= 11 is 0. The number of aromatic nitrogens is 2. The first-order chi connectivity index (χ1) is 9.02. The van der Waals surface area contributed by atoms with E-state index in [0.717, 1.165) is 16.7 Å². The summed E-state index contributed by atoms with van der Waals surface area (Å²) < 4.78 is 5.39. The van der Waals surface area contributed by atoms with Gasteiger partial charge in [0.25, 0.3) is 5.91 Å². The van der Waals surface area contributed by atoms with Crippen molar-refractivity contribution < 1.29 is 9.53 Å². The molecular weight excluding hydrogens is 242 g/mol. The Morgan fingerprint density at radius 1 is 1.32 bits per heavy atom. The van der Waals surface area contributed by atoms with Crippen molar-refractivity contribution >= 4 is 5.91 Å². The zero-order valence-electron chi connectivity index (χ0n) is 11.1. The van der Waals surface area contributed by atoms with Crippen LogP contribution in [0.5, 0.6) is 5.75 Å². The molecule has 1 amide bonds. The molecule has 0 atom stereocenters. The van der Waals surface area contributed by atoms with Crippen LogP contribution in [0.2, 0.25) is 0 Å². The average Bonchev–Trinajstić information content (AvgIpc) is 2.37. The minimum absolute atomic E-state index is 0.000437. The molecule has 5 nitrogen and oxygen atoms in total. The number of primary amides is 1. The smallest absolute Gasteiger partial charge is 0.286 e. The van der Waals surface area contributed by atoms with Gasteiger partial charge in [0, 0.05) is 11.8 Å². The van der Waals surface area contributed by atoms with Gasteiger partial charge in [-0.1, -0.05) is 6.07 Å². The number of carbonyl (C=O) groups is 1. The number of benzene rings is 1. The van der Waals surface area contributed by atoms with Gasteiger partial charge in [0.05, 0.1) is 12.8 Å². The van der Waals surface area contributed by atoms with Crippen LogP contribution in [0.1, 0.15) is 21.7 Å². The minimum atomic E-state index is -0.648. The number of nitrogens with zero attached hydrogens (tertiary/aromatic N) is 2. The Hall–Kier alpha value is -2.43. The van der Waals surface area contributed by atoms with Gasteiger partial charge in [-0.05, 0) is 37.1 Å². The van der Waals surface area contributed by atoms with Crippen LogP contribution in [0.3, 0.4) is 0 Å². The van der Waals surface area contributed by atoms with Crippen LogP contribution in [0.15, 0.2) is 24.4 Å². The summed E-state index contributed by atoms with van der Waals surface area (Å²) in [5.41, 5.74) is 8.79. The first-order valence-electron chi connectivity index (χ1n) is 5.81. The Morgan fingerprint density at radius 3 is 2.68 bits per heavy atom. The second-order valence-electron chi connectivity index (χ2n) is 4.29. The molecule has 2 N–H and O–H groups in total. The fourth-order valence-corrected chi connectivity index (χ4v) is 2.03. The van der Waals surface area contributed by atoms with Crippen molar-refractivity contribution in [2.75, 3.05) is 7.11 Å². The molecule has 2 rings (SSSR count). The van der Waals surface area contributed by atoms with Crippen molar-refractivity contribution in [2.45, 2.75) is 13.8 Å². The monoisotopic (exact) mass is 257 g/mol. The van der Waals surface area contributed by atoms with Crippen molar-refractivity contribution in [2.24, 2.45) is 5.73 Å². The quantitative estimate of drug-likeness (QED) is 0.910. The molecule has 98 valence electrons. The molecule has 0 aliphatic carbocycles. The topological polar surface area (TPSA) is 78.1 Å². The third-order valence-electron chi connectivity index (χ3n) is 2.80. The van der Waals surface area contributed by atoms with Gasteiger partial charge in [-0.3, -0.25) is 4.79 Å². The van der Waals surface area contributed by atoms with E-state index in [2.05, 4.69) is 9.97 Å². The second-order valence-corrected chi connectivity index (χ2v) is 4.29. The van der Waals surface area contributed by atoms with Crippen molar-refractivity contribution in [3.05, 3.63) is 41.3 Å². The van der Waals surface area contributed by atoms with E-state index in [0.29, 0.717) is 11.4 Å². The third kappa shape index (κ3) is 2.54. The number of rotatable bonds is 3. The lowest BCUT2D eigenvalue weighted by atomic mass is 10.0. The molecule has 2 aromatic rings. The molecule has 5 heteroatoms. The molecule has 1 aromatic carbocycles. The van der Waals surface area contributed by atoms with Gasteiger partial charge < -0.3 is 10.5 Å². The molecule has 0 unspecified atom stereocenters. The van der Waals surface area contributed by atoms with Crippen molar-refractivity contribution in [1.29, 1.82) is 0 Å². The van der Waals surface area contributed by atoms with Gasteiger partial charge in [-0.2, -0.15) is 0 Å². The number of carbonyl (C=O) groups excluding carboxylic acids is 1. The fourth-order valence-electron chi connectivity index (χ4n) is 2.03. The highest BCUT2D eigenvalue weighted by molar-refractivity contribution is 5.89. The van der Waals surface area contributed by atoms with Crippen molar-refractivity contribution in [3.8, 4) is 17.0 Å². The molecule has 0 saturated carbocycles. The lowest BCUT2D eigenvalue weighted by molar-refractivity contribution is 0.0990. The van der Waals surface area contributed by atoms with E-state index in [9.17, 15) is 4.79 Å². The van der Waals surface area contributed by atoms with Crippen LogP contribution < -0.4 is 10.5 Å². The first-order valence-corrected chi connectivity index (χ1v) is 5.81. The molecule has 1 heterocycles. The number of methoxy groups -OCH3 is 1. The van der Waals surface area contributed by atoms with Crippen LogP contribution in [-0.2, 0) is 0 Å². The van der Waals surface area contributed by atoms with Crippen LogP contribution in [0, 0.1) is 13.8 Å². The third-order valence-corrected chi connectivity index (χ3v) is 2.80. The normalized spacial score (nSPS) is 10.3. The highest BCUT2D eigenvalue weighted by atomic mass is 16.5. The summed E-state index contributed by atoms with van der Waals surface area (Å²) in [7, 11) is 1.61. The largest absolute Gasteiger partial charge is 0.496 e. The predicted octanol–water partition coefficient (Wildman–Crippen LogP) is 1.87. The molecule has 1 aromatic heterocycles. The Balaban J connectivity index is 2.64. The molecule has 0 fully saturated rings. The van der Waals surface area contributed by atoms with E-state index < -0.39 is 5.91 Å². The maximum atomic E-state index is 11.1. The van der Waals surface area contributed by atoms with Gasteiger partial charge in [-0.15, -0.1) is 0 Å². The summed E-state index contributed by atoms with van der Waals surface area (Å²) in [6.07, 6.45) is 1.52. The number of hydrogen-bond donors (Lipinski definition) is 1. The van der Waals surface area contributed by atoms with Gasteiger partial charge in [-0.25, -0.2) is 9.97 Å². The van der Waals surface area contributed by atoms with Gasteiger partial charge >= 0.3 is 0 Å². The molecule has 19 heavy (non-hydrogen) atoms. The van der Waals surface area contributed by atoms with Crippen molar-refractivity contribution in [1.82, 2.24) is 9.97 Å². The predicted molar refractivity (Wildman–Crippen MR) is 72.0 cm³/mol. The molecule has 0 bridgehead atoms. The van der Waals surface area contributed by atoms with Crippen LogP contribution in [0.4, 0.5) is 0 Å². The highest BCUT2D eigenvalue weighted by Gasteiger charge is 2.13. The molecular formula is C14H15N3O2. The maximum absolute atomic E-state index is 11.1. The number of ether oxygens (including phenoxy) is 1. The number of hydrogen-bond acceptors (Lipinski definition) is 4. The van der Waals surface area contributed by atoms with E-state index in [1.165, 1.54) is 6.20 Å².